The molecule has 3 nitrogen and oxygen atoms in total. The van der Waals surface area contributed by atoms with Crippen LogP contribution in [0.1, 0.15) is 33.0 Å². The summed E-state index contributed by atoms with van der Waals surface area (Å²) in [7, 11) is 1.94. The van der Waals surface area contributed by atoms with Crippen molar-refractivity contribution in [2.75, 3.05) is 13.6 Å². The van der Waals surface area contributed by atoms with Crippen molar-refractivity contribution in [1.29, 1.82) is 0 Å². The third-order valence-corrected chi connectivity index (χ3v) is 4.24. The molecule has 0 amide bonds. The van der Waals surface area contributed by atoms with E-state index in [1.165, 1.54) is 5.57 Å². The minimum Gasteiger partial charge on any atom is -0.316 e. The molecule has 3 heteroatoms. The second-order valence-corrected chi connectivity index (χ2v) is 6.64. The van der Waals surface area contributed by atoms with Crippen LogP contribution in [0.3, 0.4) is 0 Å². The lowest BCUT2D eigenvalue weighted by atomic mass is 10.1. The molecular weight excluding hydrogens is 354 g/mol. The monoisotopic (exact) mass is 391 g/mol. The van der Waals surface area contributed by atoms with Gasteiger partial charge in [-0.3, -0.25) is 0 Å². The van der Waals surface area contributed by atoms with E-state index >= 15 is 0 Å². The maximum absolute atomic E-state index is 4.18. The third-order valence-electron chi connectivity index (χ3n) is 4.24. The van der Waals surface area contributed by atoms with Gasteiger partial charge in [0, 0.05) is 24.6 Å². The third kappa shape index (κ3) is 9.72. The Labute approximate surface area is 178 Å². The van der Waals surface area contributed by atoms with Gasteiger partial charge >= 0.3 is 0 Å². The summed E-state index contributed by atoms with van der Waals surface area (Å²) >= 11 is 0. The molecule has 0 unspecified atom stereocenters. The average molecular weight is 392 g/mol. The van der Waals surface area contributed by atoms with Crippen molar-refractivity contribution in [2.45, 2.75) is 34.1 Å². The first kappa shape index (κ1) is 26.1. The van der Waals surface area contributed by atoms with E-state index in [0.717, 1.165) is 46.8 Å². The standard InChI is InChI=1S/C13H16N2.C13H21N/c1-6-11(4)9-13(10(2)3)15-8-7-14-12(15)5;1-6-11(3)12(4)8-9-13(7-2)10-14-5/h6-9H,1-2,4H2,3,5H3;7-9,14H,3-4,6,10H2,1-2,5H3/b13-9-;9-8-,13-7+. The summed E-state index contributed by atoms with van der Waals surface area (Å²) in [5, 5.41) is 3.11. The molecule has 0 atom stereocenters. The zero-order chi connectivity index (χ0) is 22.4. The Morgan fingerprint density at radius 2 is 1.86 bits per heavy atom. The average Bonchev–Trinajstić information content (AvgIpc) is 3.13. The smallest absolute Gasteiger partial charge is 0.110 e. The Hall–Kier alpha value is -2.91. The van der Waals surface area contributed by atoms with E-state index in [2.05, 4.69) is 62.3 Å². The quantitative estimate of drug-likeness (QED) is 0.456. The highest BCUT2D eigenvalue weighted by Gasteiger charge is 2.04. The van der Waals surface area contributed by atoms with Gasteiger partial charge < -0.3 is 9.88 Å². The van der Waals surface area contributed by atoms with Crippen molar-refractivity contribution in [2.24, 2.45) is 0 Å². The Morgan fingerprint density at radius 3 is 2.28 bits per heavy atom. The molecule has 0 aliphatic heterocycles. The van der Waals surface area contributed by atoms with Gasteiger partial charge in [-0.05, 0) is 68.2 Å². The van der Waals surface area contributed by atoms with E-state index in [9.17, 15) is 0 Å². The number of imidazole rings is 1. The summed E-state index contributed by atoms with van der Waals surface area (Å²) in [6.07, 6.45) is 14.5. The lowest BCUT2D eigenvalue weighted by Gasteiger charge is -2.10. The lowest BCUT2D eigenvalue weighted by molar-refractivity contribution is 0.894. The fraction of sp³-hybridized carbons (Fsp3) is 0.269. The summed E-state index contributed by atoms with van der Waals surface area (Å²) in [6, 6.07) is 0. The summed E-state index contributed by atoms with van der Waals surface area (Å²) in [4.78, 5) is 4.18. The van der Waals surface area contributed by atoms with Gasteiger partial charge in [-0.15, -0.1) is 0 Å². The van der Waals surface area contributed by atoms with Crippen LogP contribution in [0.25, 0.3) is 5.70 Å². The van der Waals surface area contributed by atoms with Crippen LogP contribution in [0.2, 0.25) is 0 Å². The first-order valence-corrected chi connectivity index (χ1v) is 9.75. The van der Waals surface area contributed by atoms with Gasteiger partial charge in [0.15, 0.2) is 0 Å². The van der Waals surface area contributed by atoms with E-state index in [4.69, 9.17) is 0 Å². The molecule has 1 aromatic rings. The Balaban J connectivity index is 0.000000543. The number of nitrogens with zero attached hydrogens (tertiary/aromatic N) is 2. The normalized spacial score (nSPS) is 11.6. The van der Waals surface area contributed by atoms with Gasteiger partial charge in [0.1, 0.15) is 5.82 Å². The van der Waals surface area contributed by atoms with Gasteiger partial charge in [-0.1, -0.05) is 64.1 Å². The number of rotatable bonds is 10. The topological polar surface area (TPSA) is 29.9 Å². The summed E-state index contributed by atoms with van der Waals surface area (Å²) in [5.41, 5.74) is 6.21. The van der Waals surface area contributed by atoms with Crippen LogP contribution < -0.4 is 5.32 Å². The molecule has 0 aromatic carbocycles. The van der Waals surface area contributed by atoms with E-state index < -0.39 is 0 Å². The van der Waals surface area contributed by atoms with Crippen LogP contribution in [0.5, 0.6) is 0 Å². The predicted octanol–water partition coefficient (Wildman–Crippen LogP) is 6.58. The molecule has 0 radical (unpaired) electrons. The van der Waals surface area contributed by atoms with Crippen molar-refractivity contribution >= 4 is 5.70 Å². The highest BCUT2D eigenvalue weighted by molar-refractivity contribution is 5.66. The molecule has 1 heterocycles. The molecular formula is C26H37N3. The lowest BCUT2D eigenvalue weighted by Crippen LogP contribution is -2.08. The van der Waals surface area contributed by atoms with Crippen LogP contribution in [-0.2, 0) is 0 Å². The first-order chi connectivity index (χ1) is 13.7. The molecule has 0 aliphatic rings. The maximum Gasteiger partial charge on any atom is 0.110 e. The largest absolute Gasteiger partial charge is 0.316 e. The van der Waals surface area contributed by atoms with Crippen molar-refractivity contribution in [1.82, 2.24) is 14.9 Å². The van der Waals surface area contributed by atoms with Gasteiger partial charge in [0.2, 0.25) is 0 Å². The molecule has 156 valence electrons. The van der Waals surface area contributed by atoms with Crippen LogP contribution in [-0.4, -0.2) is 23.1 Å². The molecule has 1 rings (SSSR count). The minimum atomic E-state index is 0.862. The molecule has 0 saturated carbocycles. The Bertz CT molecular complexity index is 822. The zero-order valence-electron chi connectivity index (χ0n) is 18.9. The van der Waals surface area contributed by atoms with Gasteiger partial charge in [0.05, 0.1) is 0 Å². The number of aryl methyl sites for hydroxylation is 1. The van der Waals surface area contributed by atoms with E-state index in [-0.39, 0.29) is 0 Å². The number of hydrogen-bond donors (Lipinski definition) is 1. The number of allylic oxidation sites excluding steroid dienone is 9. The van der Waals surface area contributed by atoms with Gasteiger partial charge in [0.25, 0.3) is 0 Å². The molecule has 0 bridgehead atoms. The summed E-state index contributed by atoms with van der Waals surface area (Å²) in [6.45, 7) is 28.3. The number of likely N-dealkylation sites (N-methyl/N-ethyl adjacent to an activating group) is 1. The first-order valence-electron chi connectivity index (χ1n) is 9.75. The Kier molecular flexibility index (Phi) is 12.7. The summed E-state index contributed by atoms with van der Waals surface area (Å²) < 4.78 is 1.98. The zero-order valence-corrected chi connectivity index (χ0v) is 18.9. The maximum atomic E-state index is 4.18. The highest BCUT2D eigenvalue weighted by Crippen LogP contribution is 2.18. The van der Waals surface area contributed by atoms with E-state index in [0.29, 0.717) is 0 Å². The second-order valence-electron chi connectivity index (χ2n) is 6.64. The number of hydrogen-bond acceptors (Lipinski definition) is 2. The molecule has 29 heavy (non-hydrogen) atoms. The molecule has 1 aromatic heterocycles. The van der Waals surface area contributed by atoms with Crippen molar-refractivity contribution in [3.8, 4) is 0 Å². The summed E-state index contributed by atoms with van der Waals surface area (Å²) in [5.74, 6) is 0.932. The predicted molar refractivity (Wildman–Crippen MR) is 131 cm³/mol. The molecule has 0 saturated heterocycles. The Morgan fingerprint density at radius 1 is 1.21 bits per heavy atom. The van der Waals surface area contributed by atoms with Gasteiger partial charge in [-0.2, -0.15) is 0 Å². The van der Waals surface area contributed by atoms with Crippen LogP contribution in [0.15, 0.2) is 104 Å². The van der Waals surface area contributed by atoms with Gasteiger partial charge in [-0.25, -0.2) is 4.98 Å². The highest BCUT2D eigenvalue weighted by atomic mass is 15.1. The van der Waals surface area contributed by atoms with Crippen LogP contribution in [0.4, 0.5) is 0 Å². The second kappa shape index (κ2) is 14.1. The van der Waals surface area contributed by atoms with E-state index in [1.807, 2.05) is 50.7 Å². The minimum absolute atomic E-state index is 0.862. The molecule has 0 fully saturated rings. The van der Waals surface area contributed by atoms with Crippen LogP contribution in [0, 0.1) is 6.92 Å². The van der Waals surface area contributed by atoms with Crippen molar-refractivity contribution in [3.05, 3.63) is 109 Å². The molecule has 1 N–H and O–H groups in total. The van der Waals surface area contributed by atoms with Crippen LogP contribution >= 0.6 is 0 Å². The van der Waals surface area contributed by atoms with E-state index in [1.54, 1.807) is 12.3 Å². The SMILES string of the molecule is C=C(/C=C\C(=C/C)CNC)C(=C)CC.C=CC(=C)/C=C(/C(=C)C)n1ccnc1C. The van der Waals surface area contributed by atoms with Crippen molar-refractivity contribution < 1.29 is 0 Å². The fourth-order valence-electron chi connectivity index (χ4n) is 2.28. The van der Waals surface area contributed by atoms with Crippen molar-refractivity contribution in [3.63, 3.8) is 0 Å². The molecule has 0 aliphatic carbocycles. The number of aromatic nitrogens is 2. The molecule has 0 spiro atoms. The fourth-order valence-corrected chi connectivity index (χ4v) is 2.28. The number of nitrogens with one attached hydrogen (secondary N) is 1.